The van der Waals surface area contributed by atoms with Gasteiger partial charge in [-0.25, -0.2) is 4.39 Å². The van der Waals surface area contributed by atoms with Crippen molar-refractivity contribution in [1.29, 1.82) is 0 Å². The third kappa shape index (κ3) is 3.52. The first-order valence-corrected chi connectivity index (χ1v) is 7.84. The van der Waals surface area contributed by atoms with E-state index in [1.54, 1.807) is 17.8 Å². The van der Waals surface area contributed by atoms with Gasteiger partial charge in [-0.3, -0.25) is 4.79 Å². The van der Waals surface area contributed by atoms with Crippen LogP contribution in [-0.2, 0) is 4.79 Å². The first-order valence-electron chi connectivity index (χ1n) is 6.96. The minimum atomic E-state index is -0.805. The first-order chi connectivity index (χ1) is 9.55. The Morgan fingerprint density at radius 2 is 2.40 bits per heavy atom. The van der Waals surface area contributed by atoms with Crippen molar-refractivity contribution in [3.8, 4) is 0 Å². The van der Waals surface area contributed by atoms with Crippen LogP contribution in [0.15, 0.2) is 29.2 Å². The summed E-state index contributed by atoms with van der Waals surface area (Å²) < 4.78 is 13.2. The molecule has 20 heavy (non-hydrogen) atoms. The lowest BCUT2D eigenvalue weighted by molar-refractivity contribution is -0.144. The van der Waals surface area contributed by atoms with Gasteiger partial charge in [-0.05, 0) is 50.4 Å². The van der Waals surface area contributed by atoms with Crippen molar-refractivity contribution in [2.24, 2.45) is 0 Å². The molecule has 1 aromatic rings. The van der Waals surface area contributed by atoms with Crippen LogP contribution >= 0.6 is 11.8 Å². The second-order valence-corrected chi connectivity index (χ2v) is 6.63. The van der Waals surface area contributed by atoms with Crippen molar-refractivity contribution in [1.82, 2.24) is 5.32 Å². The molecule has 110 valence electrons. The van der Waals surface area contributed by atoms with E-state index < -0.39 is 11.5 Å². The Morgan fingerprint density at radius 1 is 1.60 bits per heavy atom. The molecule has 2 atom stereocenters. The van der Waals surface area contributed by atoms with Crippen molar-refractivity contribution in [3.05, 3.63) is 30.1 Å². The Hall–Kier alpha value is -1.07. The van der Waals surface area contributed by atoms with Gasteiger partial charge in [-0.15, -0.1) is 11.8 Å². The average molecular weight is 297 g/mol. The van der Waals surface area contributed by atoms with Gasteiger partial charge in [0.15, 0.2) is 0 Å². The second-order valence-electron chi connectivity index (χ2n) is 5.25. The highest BCUT2D eigenvalue weighted by Crippen LogP contribution is 2.40. The minimum Gasteiger partial charge on any atom is -0.480 e. The number of carboxylic acids is 1. The maximum Gasteiger partial charge on any atom is 0.323 e. The molecule has 2 unspecified atom stereocenters. The summed E-state index contributed by atoms with van der Waals surface area (Å²) in [5, 5.41) is 12.9. The number of nitrogens with one attached hydrogen (secondary N) is 1. The molecule has 1 saturated carbocycles. The third-order valence-corrected chi connectivity index (χ3v) is 4.95. The van der Waals surface area contributed by atoms with Gasteiger partial charge in [0, 0.05) is 10.1 Å². The van der Waals surface area contributed by atoms with E-state index in [1.165, 1.54) is 12.1 Å². The largest absolute Gasteiger partial charge is 0.480 e. The number of rotatable bonds is 6. The van der Waals surface area contributed by atoms with Crippen LogP contribution in [0.4, 0.5) is 4.39 Å². The molecule has 1 aromatic carbocycles. The molecule has 0 heterocycles. The van der Waals surface area contributed by atoms with E-state index in [1.807, 2.05) is 13.0 Å². The number of hydrogen-bond donors (Lipinski definition) is 2. The minimum absolute atomic E-state index is 0.220. The predicted molar refractivity (Wildman–Crippen MR) is 78.6 cm³/mol. The fraction of sp³-hybridized carbons (Fsp3) is 0.533. The zero-order chi connectivity index (χ0) is 14.6. The molecular weight excluding hydrogens is 277 g/mol. The summed E-state index contributed by atoms with van der Waals surface area (Å²) in [4.78, 5) is 12.4. The van der Waals surface area contributed by atoms with Gasteiger partial charge in [0.05, 0.1) is 0 Å². The molecule has 0 aliphatic heterocycles. The maximum atomic E-state index is 13.2. The van der Waals surface area contributed by atoms with E-state index in [2.05, 4.69) is 5.32 Å². The summed E-state index contributed by atoms with van der Waals surface area (Å²) in [5.41, 5.74) is -0.805. The van der Waals surface area contributed by atoms with E-state index in [-0.39, 0.29) is 11.1 Å². The summed E-state index contributed by atoms with van der Waals surface area (Å²) in [6.07, 6.45) is 2.97. The first kappa shape index (κ1) is 15.3. The number of hydrogen-bond acceptors (Lipinski definition) is 3. The van der Waals surface area contributed by atoms with Crippen molar-refractivity contribution in [2.45, 2.75) is 48.3 Å². The second kappa shape index (κ2) is 6.59. The molecule has 0 amide bonds. The van der Waals surface area contributed by atoms with Gasteiger partial charge < -0.3 is 10.4 Å². The highest BCUT2D eigenvalue weighted by atomic mass is 32.2. The van der Waals surface area contributed by atoms with Crippen molar-refractivity contribution >= 4 is 17.7 Å². The lowest BCUT2D eigenvalue weighted by Gasteiger charge is -2.25. The molecule has 1 fully saturated rings. The summed E-state index contributed by atoms with van der Waals surface area (Å²) in [6.45, 7) is 2.74. The molecule has 1 aliphatic rings. The van der Waals surface area contributed by atoms with E-state index in [0.717, 1.165) is 17.7 Å². The summed E-state index contributed by atoms with van der Waals surface area (Å²) >= 11 is 1.58. The smallest absolute Gasteiger partial charge is 0.323 e. The Balaban J connectivity index is 2.01. The molecule has 0 radical (unpaired) electrons. The van der Waals surface area contributed by atoms with Gasteiger partial charge in [-0.1, -0.05) is 13.0 Å². The van der Waals surface area contributed by atoms with Gasteiger partial charge in [0.25, 0.3) is 0 Å². The van der Waals surface area contributed by atoms with E-state index in [9.17, 15) is 14.3 Å². The van der Waals surface area contributed by atoms with Crippen molar-refractivity contribution < 1.29 is 14.3 Å². The maximum absolute atomic E-state index is 13.2. The molecule has 2 N–H and O–H groups in total. The van der Waals surface area contributed by atoms with E-state index >= 15 is 0 Å². The SMILES string of the molecule is CCCNC1(C(=O)O)CCC(Sc2cccc(F)c2)C1. The van der Waals surface area contributed by atoms with E-state index in [4.69, 9.17) is 0 Å². The van der Waals surface area contributed by atoms with Crippen molar-refractivity contribution in [2.75, 3.05) is 6.54 Å². The van der Waals surface area contributed by atoms with Crippen LogP contribution in [0, 0.1) is 5.82 Å². The predicted octanol–water partition coefficient (Wildman–Crippen LogP) is 3.29. The van der Waals surface area contributed by atoms with Crippen LogP contribution in [0.1, 0.15) is 32.6 Å². The highest BCUT2D eigenvalue weighted by Gasteiger charge is 2.45. The number of halogens is 1. The fourth-order valence-electron chi connectivity index (χ4n) is 2.63. The molecule has 5 heteroatoms. The Morgan fingerprint density at radius 3 is 3.05 bits per heavy atom. The van der Waals surface area contributed by atoms with Crippen LogP contribution in [0.2, 0.25) is 0 Å². The molecule has 0 saturated heterocycles. The quantitative estimate of drug-likeness (QED) is 0.846. The van der Waals surface area contributed by atoms with Gasteiger partial charge in [-0.2, -0.15) is 0 Å². The van der Waals surface area contributed by atoms with Crippen molar-refractivity contribution in [3.63, 3.8) is 0 Å². The normalized spacial score (nSPS) is 25.8. The zero-order valence-electron chi connectivity index (χ0n) is 11.6. The van der Waals surface area contributed by atoms with Crippen LogP contribution in [-0.4, -0.2) is 28.4 Å². The number of carboxylic acid groups (broad SMARTS) is 1. The molecule has 0 spiro atoms. The van der Waals surface area contributed by atoms with E-state index in [0.29, 0.717) is 19.4 Å². The Labute approximate surface area is 123 Å². The van der Waals surface area contributed by atoms with Crippen LogP contribution < -0.4 is 5.32 Å². The van der Waals surface area contributed by atoms with Crippen LogP contribution in [0.3, 0.4) is 0 Å². The Bertz CT molecular complexity index is 483. The van der Waals surface area contributed by atoms with Crippen LogP contribution in [0.5, 0.6) is 0 Å². The molecular formula is C15H20FNO2S. The lowest BCUT2D eigenvalue weighted by atomic mass is 9.98. The van der Waals surface area contributed by atoms with Crippen LogP contribution in [0.25, 0.3) is 0 Å². The third-order valence-electron chi connectivity index (χ3n) is 3.69. The monoisotopic (exact) mass is 297 g/mol. The summed E-state index contributed by atoms with van der Waals surface area (Å²) in [7, 11) is 0. The Kier molecular flexibility index (Phi) is 5.05. The number of benzene rings is 1. The number of carbonyl (C=O) groups is 1. The highest BCUT2D eigenvalue weighted by molar-refractivity contribution is 8.00. The molecule has 0 bridgehead atoms. The number of thioether (sulfide) groups is 1. The van der Waals surface area contributed by atoms with Gasteiger partial charge >= 0.3 is 5.97 Å². The molecule has 3 nitrogen and oxygen atoms in total. The molecule has 0 aromatic heterocycles. The van der Waals surface area contributed by atoms with Gasteiger partial charge in [0.1, 0.15) is 11.4 Å². The standard InChI is InChI=1S/C15H20FNO2S/c1-2-8-17-15(14(18)19)7-6-13(10-15)20-12-5-3-4-11(16)9-12/h3-5,9,13,17H,2,6-8,10H2,1H3,(H,18,19). The molecule has 1 aliphatic carbocycles. The lowest BCUT2D eigenvalue weighted by Crippen LogP contribution is -2.50. The fourth-order valence-corrected chi connectivity index (χ4v) is 3.95. The molecule has 2 rings (SSSR count). The summed E-state index contributed by atoms with van der Waals surface area (Å²) in [6, 6.07) is 6.48. The topological polar surface area (TPSA) is 49.3 Å². The summed E-state index contributed by atoms with van der Waals surface area (Å²) in [5.74, 6) is -1.02. The van der Waals surface area contributed by atoms with Gasteiger partial charge in [0.2, 0.25) is 0 Å². The number of aliphatic carboxylic acids is 1. The zero-order valence-corrected chi connectivity index (χ0v) is 12.4. The average Bonchev–Trinajstić information content (AvgIpc) is 2.81.